The molecule has 0 spiro atoms. The summed E-state index contributed by atoms with van der Waals surface area (Å²) in [4.78, 5) is 16.1. The van der Waals surface area contributed by atoms with Crippen LogP contribution in [0.3, 0.4) is 0 Å². The number of fused-ring (bicyclic) bond motifs is 1. The highest BCUT2D eigenvalue weighted by atomic mass is 32.2. The van der Waals surface area contributed by atoms with Gasteiger partial charge in [0.1, 0.15) is 15.7 Å². The standard InChI is InChI=1S/C20H21N3O4S2/c1-13(24)21-14-9-10-17(27-2)19(12-14)29(25,26)23-11-5-7-16(23)20-22-15-6-3-4-8-18(15)28-20/h3-4,6,8-10,12,16H,5,7,11H2,1-2H3,(H,21,24)/t16-/m1/s1. The summed E-state index contributed by atoms with van der Waals surface area (Å²) in [6.45, 7) is 1.79. The maximum atomic E-state index is 13.6. The van der Waals surface area contributed by atoms with Gasteiger partial charge in [-0.05, 0) is 43.2 Å². The zero-order chi connectivity index (χ0) is 20.6. The fraction of sp³-hybridized carbons (Fsp3) is 0.300. The number of nitrogens with one attached hydrogen (secondary N) is 1. The van der Waals surface area contributed by atoms with Crippen LogP contribution in [0.5, 0.6) is 5.75 Å². The quantitative estimate of drug-likeness (QED) is 0.664. The van der Waals surface area contributed by atoms with Crippen LogP contribution in [0.25, 0.3) is 10.2 Å². The molecule has 1 aliphatic rings. The molecule has 1 atom stereocenters. The summed E-state index contributed by atoms with van der Waals surface area (Å²) in [6, 6.07) is 12.1. The predicted octanol–water partition coefficient (Wildman–Crippen LogP) is 3.79. The molecule has 9 heteroatoms. The minimum absolute atomic E-state index is 0.0410. The van der Waals surface area contributed by atoms with Gasteiger partial charge in [-0.15, -0.1) is 11.3 Å². The fourth-order valence-electron chi connectivity index (χ4n) is 3.59. The molecule has 0 radical (unpaired) electrons. The summed E-state index contributed by atoms with van der Waals surface area (Å²) in [5, 5.41) is 3.43. The van der Waals surface area contributed by atoms with Gasteiger partial charge in [0.05, 0.1) is 23.4 Å². The molecule has 29 heavy (non-hydrogen) atoms. The van der Waals surface area contributed by atoms with E-state index in [4.69, 9.17) is 4.74 Å². The van der Waals surface area contributed by atoms with E-state index in [1.54, 1.807) is 12.1 Å². The first-order chi connectivity index (χ1) is 13.9. The van der Waals surface area contributed by atoms with Crippen molar-refractivity contribution in [2.45, 2.75) is 30.7 Å². The molecule has 3 aromatic rings. The van der Waals surface area contributed by atoms with Crippen LogP contribution in [0.2, 0.25) is 0 Å². The third-order valence-electron chi connectivity index (χ3n) is 4.87. The van der Waals surface area contributed by atoms with E-state index in [1.807, 2.05) is 24.3 Å². The van der Waals surface area contributed by atoms with E-state index in [2.05, 4.69) is 10.3 Å². The zero-order valence-electron chi connectivity index (χ0n) is 16.1. The molecular formula is C20H21N3O4S2. The summed E-state index contributed by atoms with van der Waals surface area (Å²) in [5.74, 6) is -0.0268. The number of carbonyl (C=O) groups excluding carboxylic acids is 1. The van der Waals surface area contributed by atoms with Crippen molar-refractivity contribution in [3.63, 3.8) is 0 Å². The van der Waals surface area contributed by atoms with E-state index < -0.39 is 10.0 Å². The summed E-state index contributed by atoms with van der Waals surface area (Å²) in [5.41, 5.74) is 1.29. The largest absolute Gasteiger partial charge is 0.495 e. The molecule has 0 bridgehead atoms. The van der Waals surface area contributed by atoms with Gasteiger partial charge in [0, 0.05) is 19.2 Å². The first kappa shape index (κ1) is 19.8. The van der Waals surface area contributed by atoms with Gasteiger partial charge in [0.25, 0.3) is 0 Å². The van der Waals surface area contributed by atoms with Gasteiger partial charge >= 0.3 is 0 Å². The summed E-state index contributed by atoms with van der Waals surface area (Å²) in [6.07, 6.45) is 1.47. The second-order valence-corrected chi connectivity index (χ2v) is 9.76. The Morgan fingerprint density at radius 1 is 1.28 bits per heavy atom. The Balaban J connectivity index is 1.75. The molecule has 1 amide bonds. The third-order valence-corrected chi connectivity index (χ3v) is 7.94. The van der Waals surface area contributed by atoms with Crippen molar-refractivity contribution in [2.75, 3.05) is 19.0 Å². The first-order valence-corrected chi connectivity index (χ1v) is 11.5. The lowest BCUT2D eigenvalue weighted by Crippen LogP contribution is -2.31. The van der Waals surface area contributed by atoms with Gasteiger partial charge in [0.15, 0.2) is 0 Å². The monoisotopic (exact) mass is 431 g/mol. The fourth-order valence-corrected chi connectivity index (χ4v) is 6.62. The number of benzene rings is 2. The molecule has 1 N–H and O–H groups in total. The smallest absolute Gasteiger partial charge is 0.247 e. The van der Waals surface area contributed by atoms with Crippen molar-refractivity contribution >= 4 is 43.2 Å². The maximum Gasteiger partial charge on any atom is 0.247 e. The lowest BCUT2D eigenvalue weighted by atomic mass is 10.2. The van der Waals surface area contributed by atoms with Crippen molar-refractivity contribution in [3.8, 4) is 5.75 Å². The molecule has 7 nitrogen and oxygen atoms in total. The third kappa shape index (κ3) is 3.73. The SMILES string of the molecule is COc1ccc(NC(C)=O)cc1S(=O)(=O)N1CCC[C@@H]1c1nc2ccccc2s1. The molecule has 0 unspecified atom stereocenters. The van der Waals surface area contributed by atoms with Crippen molar-refractivity contribution in [1.29, 1.82) is 0 Å². The second-order valence-electron chi connectivity index (χ2n) is 6.84. The van der Waals surface area contributed by atoms with Gasteiger partial charge < -0.3 is 10.1 Å². The Morgan fingerprint density at radius 3 is 2.79 bits per heavy atom. The molecule has 152 valence electrons. The predicted molar refractivity (Wildman–Crippen MR) is 113 cm³/mol. The normalized spacial score (nSPS) is 17.5. The molecular weight excluding hydrogens is 410 g/mol. The van der Waals surface area contributed by atoms with Gasteiger partial charge in [-0.25, -0.2) is 13.4 Å². The summed E-state index contributed by atoms with van der Waals surface area (Å²) < 4.78 is 35.0. The van der Waals surface area contributed by atoms with Crippen LogP contribution < -0.4 is 10.1 Å². The number of nitrogens with zero attached hydrogens (tertiary/aromatic N) is 2. The average molecular weight is 432 g/mol. The number of sulfonamides is 1. The van der Waals surface area contributed by atoms with Crippen molar-refractivity contribution in [2.24, 2.45) is 0 Å². The Hall–Kier alpha value is -2.49. The Labute approximate surface area is 173 Å². The van der Waals surface area contributed by atoms with Crippen LogP contribution in [0.15, 0.2) is 47.4 Å². The average Bonchev–Trinajstić information content (AvgIpc) is 3.34. The number of methoxy groups -OCH3 is 1. The molecule has 2 heterocycles. The Bertz CT molecular complexity index is 1140. The number of aromatic nitrogens is 1. The Morgan fingerprint density at radius 2 is 2.07 bits per heavy atom. The zero-order valence-corrected chi connectivity index (χ0v) is 17.7. The van der Waals surface area contributed by atoms with Gasteiger partial charge in [-0.1, -0.05) is 12.1 Å². The van der Waals surface area contributed by atoms with E-state index in [9.17, 15) is 13.2 Å². The number of ether oxygens (including phenoxy) is 1. The summed E-state index contributed by atoms with van der Waals surface area (Å²) >= 11 is 1.53. The number of para-hydroxylation sites is 1. The van der Waals surface area contributed by atoms with Crippen LogP contribution in [-0.2, 0) is 14.8 Å². The van der Waals surface area contributed by atoms with Crippen LogP contribution in [0, 0.1) is 0 Å². The summed E-state index contributed by atoms with van der Waals surface area (Å²) in [7, 11) is -2.42. The minimum atomic E-state index is -3.85. The first-order valence-electron chi connectivity index (χ1n) is 9.23. The number of anilines is 1. The molecule has 0 aliphatic carbocycles. The van der Waals surface area contributed by atoms with Crippen molar-refractivity contribution < 1.29 is 17.9 Å². The number of hydrogen-bond donors (Lipinski definition) is 1. The Kier molecular flexibility index (Phi) is 5.28. The maximum absolute atomic E-state index is 13.6. The van der Waals surface area contributed by atoms with E-state index in [0.29, 0.717) is 18.7 Å². The molecule has 1 fully saturated rings. The van der Waals surface area contributed by atoms with Crippen LogP contribution in [0.1, 0.15) is 30.8 Å². The van der Waals surface area contributed by atoms with Gasteiger partial charge in [-0.3, -0.25) is 4.79 Å². The number of amides is 1. The lowest BCUT2D eigenvalue weighted by Gasteiger charge is -2.24. The lowest BCUT2D eigenvalue weighted by molar-refractivity contribution is -0.114. The van der Waals surface area contributed by atoms with E-state index in [0.717, 1.165) is 21.6 Å². The van der Waals surface area contributed by atoms with Crippen molar-refractivity contribution in [3.05, 3.63) is 47.5 Å². The van der Waals surface area contributed by atoms with Crippen LogP contribution >= 0.6 is 11.3 Å². The number of carbonyl (C=O) groups is 1. The van der Waals surface area contributed by atoms with Crippen LogP contribution in [-0.4, -0.2) is 37.3 Å². The number of thiazole rings is 1. The molecule has 2 aromatic carbocycles. The molecule has 1 aliphatic heterocycles. The second kappa shape index (κ2) is 7.74. The van der Waals surface area contributed by atoms with E-state index in [-0.39, 0.29) is 22.6 Å². The topological polar surface area (TPSA) is 88.6 Å². The number of rotatable bonds is 5. The number of hydrogen-bond acceptors (Lipinski definition) is 6. The molecule has 1 saturated heterocycles. The molecule has 0 saturated carbocycles. The minimum Gasteiger partial charge on any atom is -0.495 e. The molecule has 4 rings (SSSR count). The van der Waals surface area contributed by atoms with E-state index in [1.165, 1.54) is 35.7 Å². The highest BCUT2D eigenvalue weighted by Crippen LogP contribution is 2.41. The highest BCUT2D eigenvalue weighted by molar-refractivity contribution is 7.89. The van der Waals surface area contributed by atoms with Crippen molar-refractivity contribution in [1.82, 2.24) is 9.29 Å². The highest BCUT2D eigenvalue weighted by Gasteiger charge is 2.39. The van der Waals surface area contributed by atoms with Gasteiger partial charge in [-0.2, -0.15) is 4.31 Å². The van der Waals surface area contributed by atoms with Crippen LogP contribution in [0.4, 0.5) is 5.69 Å². The van der Waals surface area contributed by atoms with E-state index >= 15 is 0 Å². The van der Waals surface area contributed by atoms with Gasteiger partial charge in [0.2, 0.25) is 15.9 Å². The molecule has 1 aromatic heterocycles.